The third-order valence-corrected chi connectivity index (χ3v) is 7.22. The Morgan fingerprint density at radius 3 is 2.75 bits per heavy atom. The van der Waals surface area contributed by atoms with Gasteiger partial charge in [-0.2, -0.15) is 0 Å². The van der Waals surface area contributed by atoms with Crippen molar-refractivity contribution in [2.45, 2.75) is 32.4 Å². The average Bonchev–Trinajstić information content (AvgIpc) is 2.91. The maximum Gasteiger partial charge on any atom is 0.151 e. The Labute approximate surface area is 123 Å². The number of rotatable bonds is 3. The number of aryl methyl sites for hydroxylation is 1. The molecule has 20 heavy (non-hydrogen) atoms. The quantitative estimate of drug-likeness (QED) is 0.948. The third kappa shape index (κ3) is 2.62. The number of sulfone groups is 1. The number of benzene rings is 1. The molecule has 108 valence electrons. The summed E-state index contributed by atoms with van der Waals surface area (Å²) < 4.78 is 24.4. The van der Waals surface area contributed by atoms with Gasteiger partial charge in [0.15, 0.2) is 9.84 Å². The van der Waals surface area contributed by atoms with E-state index in [4.69, 9.17) is 0 Å². The molecule has 2 atom stereocenters. The van der Waals surface area contributed by atoms with Crippen molar-refractivity contribution in [3.63, 3.8) is 0 Å². The zero-order valence-electron chi connectivity index (χ0n) is 11.7. The fourth-order valence-electron chi connectivity index (χ4n) is 2.96. The molecule has 0 radical (unpaired) electrons. The van der Waals surface area contributed by atoms with Crippen molar-refractivity contribution in [1.29, 1.82) is 0 Å². The van der Waals surface area contributed by atoms with Crippen LogP contribution in [0.5, 0.6) is 0 Å². The van der Waals surface area contributed by atoms with Crippen LogP contribution in [0.15, 0.2) is 24.3 Å². The summed E-state index contributed by atoms with van der Waals surface area (Å²) in [5.74, 6) is 0.601. The molecule has 2 heterocycles. The first kappa shape index (κ1) is 14.0. The summed E-state index contributed by atoms with van der Waals surface area (Å²) >= 11 is 1.80. The van der Waals surface area contributed by atoms with E-state index in [0.717, 1.165) is 6.42 Å². The number of fused-ring (bicyclic) bond motifs is 1. The minimum absolute atomic E-state index is 0.0969. The molecule has 0 bridgehead atoms. The lowest BCUT2D eigenvalue weighted by Crippen LogP contribution is -2.32. The second kappa shape index (κ2) is 5.13. The van der Waals surface area contributed by atoms with Crippen molar-refractivity contribution in [3.05, 3.63) is 34.7 Å². The summed E-state index contributed by atoms with van der Waals surface area (Å²) in [4.78, 5) is 1.32. The lowest BCUT2D eigenvalue weighted by molar-refractivity contribution is 0.489. The number of hydrogen-bond acceptors (Lipinski definition) is 4. The van der Waals surface area contributed by atoms with Crippen LogP contribution in [0.2, 0.25) is 0 Å². The molecule has 1 aromatic carbocycles. The monoisotopic (exact) mass is 309 g/mol. The van der Waals surface area contributed by atoms with E-state index < -0.39 is 9.84 Å². The molecule has 1 N–H and O–H groups in total. The largest absolute Gasteiger partial charge is 0.306 e. The molecule has 1 aliphatic rings. The van der Waals surface area contributed by atoms with Gasteiger partial charge in [0, 0.05) is 21.7 Å². The molecule has 3 nitrogen and oxygen atoms in total. The van der Waals surface area contributed by atoms with Gasteiger partial charge in [-0.15, -0.1) is 11.3 Å². The first-order valence-electron chi connectivity index (χ1n) is 6.91. The molecule has 1 saturated heterocycles. The Kier molecular flexibility index (Phi) is 3.60. The second-order valence-corrected chi connectivity index (χ2v) is 8.89. The van der Waals surface area contributed by atoms with E-state index in [1.807, 2.05) is 0 Å². The molecule has 1 aromatic heterocycles. The van der Waals surface area contributed by atoms with E-state index >= 15 is 0 Å². The summed E-state index contributed by atoms with van der Waals surface area (Å²) in [6.45, 7) is 4.28. The van der Waals surface area contributed by atoms with E-state index in [0.29, 0.717) is 5.75 Å². The van der Waals surface area contributed by atoms with Crippen LogP contribution in [0.1, 0.15) is 29.8 Å². The summed E-state index contributed by atoms with van der Waals surface area (Å²) in [7, 11) is -2.82. The molecule has 2 unspecified atom stereocenters. The van der Waals surface area contributed by atoms with E-state index in [1.165, 1.54) is 20.5 Å². The SMILES string of the molecule is Cc1c(C(C)NC2CCS(=O)(=O)C2)sc2ccccc12. The van der Waals surface area contributed by atoms with Crippen LogP contribution in [0.3, 0.4) is 0 Å². The molecular formula is C15H19NO2S2. The Bertz CT molecular complexity index is 733. The second-order valence-electron chi connectivity index (χ2n) is 5.58. The summed E-state index contributed by atoms with van der Waals surface area (Å²) in [5, 5.41) is 4.79. The highest BCUT2D eigenvalue weighted by atomic mass is 32.2. The molecule has 0 spiro atoms. The van der Waals surface area contributed by atoms with Crippen molar-refractivity contribution in [2.24, 2.45) is 0 Å². The summed E-state index contributed by atoms with van der Waals surface area (Å²) in [6, 6.07) is 8.71. The Balaban J connectivity index is 1.82. The van der Waals surface area contributed by atoms with Crippen LogP contribution in [-0.2, 0) is 9.84 Å². The van der Waals surface area contributed by atoms with E-state index in [1.54, 1.807) is 11.3 Å². The van der Waals surface area contributed by atoms with Gasteiger partial charge in [-0.05, 0) is 37.3 Å². The zero-order chi connectivity index (χ0) is 14.3. The average molecular weight is 309 g/mol. The van der Waals surface area contributed by atoms with Gasteiger partial charge in [0.1, 0.15) is 0 Å². The topological polar surface area (TPSA) is 46.2 Å². The Morgan fingerprint density at radius 1 is 1.35 bits per heavy atom. The minimum Gasteiger partial charge on any atom is -0.306 e. The Hall–Kier alpha value is -0.910. The first-order chi connectivity index (χ1) is 9.46. The van der Waals surface area contributed by atoms with Gasteiger partial charge in [0.05, 0.1) is 11.5 Å². The molecule has 1 fully saturated rings. The van der Waals surface area contributed by atoms with Crippen LogP contribution < -0.4 is 5.32 Å². The first-order valence-corrected chi connectivity index (χ1v) is 9.54. The maximum absolute atomic E-state index is 11.5. The van der Waals surface area contributed by atoms with Crippen molar-refractivity contribution in [3.8, 4) is 0 Å². The fourth-order valence-corrected chi connectivity index (χ4v) is 5.87. The van der Waals surface area contributed by atoms with Gasteiger partial charge in [-0.1, -0.05) is 18.2 Å². The lowest BCUT2D eigenvalue weighted by atomic mass is 10.1. The molecular weight excluding hydrogens is 290 g/mol. The van der Waals surface area contributed by atoms with Gasteiger partial charge in [-0.3, -0.25) is 0 Å². The fraction of sp³-hybridized carbons (Fsp3) is 0.467. The van der Waals surface area contributed by atoms with E-state index in [9.17, 15) is 8.42 Å². The Morgan fingerprint density at radius 2 is 2.10 bits per heavy atom. The molecule has 3 rings (SSSR count). The van der Waals surface area contributed by atoms with Gasteiger partial charge < -0.3 is 5.32 Å². The maximum atomic E-state index is 11.5. The van der Waals surface area contributed by atoms with Gasteiger partial charge in [0.2, 0.25) is 0 Å². The van der Waals surface area contributed by atoms with E-state index in [2.05, 4.69) is 43.4 Å². The predicted molar refractivity (Wildman–Crippen MR) is 85.2 cm³/mol. The van der Waals surface area contributed by atoms with Crippen LogP contribution in [0, 0.1) is 6.92 Å². The van der Waals surface area contributed by atoms with Crippen molar-refractivity contribution < 1.29 is 8.42 Å². The van der Waals surface area contributed by atoms with Crippen molar-refractivity contribution in [1.82, 2.24) is 5.32 Å². The van der Waals surface area contributed by atoms with Crippen LogP contribution in [0.4, 0.5) is 0 Å². The minimum atomic E-state index is -2.82. The molecule has 0 amide bonds. The van der Waals surface area contributed by atoms with Crippen LogP contribution >= 0.6 is 11.3 Å². The number of thiophene rings is 1. The summed E-state index contributed by atoms with van der Waals surface area (Å²) in [5.41, 5.74) is 1.31. The molecule has 5 heteroatoms. The molecule has 0 aliphatic carbocycles. The van der Waals surface area contributed by atoms with Gasteiger partial charge in [0.25, 0.3) is 0 Å². The lowest BCUT2D eigenvalue weighted by Gasteiger charge is -2.18. The normalized spacial score (nSPS) is 23.2. The third-order valence-electron chi connectivity index (χ3n) is 3.99. The molecule has 1 aliphatic heterocycles. The van der Waals surface area contributed by atoms with Crippen LogP contribution in [0.25, 0.3) is 10.1 Å². The molecule has 0 saturated carbocycles. The van der Waals surface area contributed by atoms with Crippen molar-refractivity contribution >= 4 is 31.3 Å². The smallest absolute Gasteiger partial charge is 0.151 e. The van der Waals surface area contributed by atoms with Gasteiger partial charge >= 0.3 is 0 Å². The van der Waals surface area contributed by atoms with Crippen molar-refractivity contribution in [2.75, 3.05) is 11.5 Å². The zero-order valence-corrected chi connectivity index (χ0v) is 13.4. The van der Waals surface area contributed by atoms with Gasteiger partial charge in [-0.25, -0.2) is 8.42 Å². The summed E-state index contributed by atoms with van der Waals surface area (Å²) in [6.07, 6.45) is 0.733. The number of hydrogen-bond donors (Lipinski definition) is 1. The highest BCUT2D eigenvalue weighted by molar-refractivity contribution is 7.91. The number of nitrogens with one attached hydrogen (secondary N) is 1. The van der Waals surface area contributed by atoms with Crippen LogP contribution in [-0.4, -0.2) is 26.0 Å². The highest BCUT2D eigenvalue weighted by Crippen LogP contribution is 2.35. The highest BCUT2D eigenvalue weighted by Gasteiger charge is 2.29. The molecule has 2 aromatic rings. The predicted octanol–water partition coefficient (Wildman–Crippen LogP) is 3.05. The van der Waals surface area contributed by atoms with E-state index in [-0.39, 0.29) is 17.8 Å². The standard InChI is InChI=1S/C15H19NO2S2/c1-10-13-5-3-4-6-14(13)19-15(10)11(2)16-12-7-8-20(17,18)9-12/h3-6,11-12,16H,7-9H2,1-2H3.